The van der Waals surface area contributed by atoms with E-state index in [-0.39, 0.29) is 6.42 Å². The maximum Gasteiger partial charge on any atom is 0.251 e. The van der Waals surface area contributed by atoms with E-state index in [1.54, 1.807) is 72.8 Å². The molecule has 0 bridgehead atoms. The molecule has 0 saturated carbocycles. The van der Waals surface area contributed by atoms with E-state index >= 15 is 0 Å². The number of hydrogen-bond donors (Lipinski definition) is 2. The van der Waals surface area contributed by atoms with Gasteiger partial charge in [0.15, 0.2) is 0 Å². The number of anilines is 3. The highest BCUT2D eigenvalue weighted by Gasteiger charge is 2.37. The molecule has 1 heterocycles. The van der Waals surface area contributed by atoms with Crippen LogP contribution in [0.5, 0.6) is 5.75 Å². The number of hydrogen-bond acceptors (Lipinski definition) is 4. The summed E-state index contributed by atoms with van der Waals surface area (Å²) in [5, 5.41) is 6.42. The van der Waals surface area contributed by atoms with Gasteiger partial charge in [-0.05, 0) is 67.1 Å². The van der Waals surface area contributed by atoms with Gasteiger partial charge < -0.3 is 15.4 Å². The summed E-state index contributed by atoms with van der Waals surface area (Å²) in [6.45, 7) is 2.42. The van der Waals surface area contributed by atoms with Crippen molar-refractivity contribution < 1.29 is 19.1 Å². The van der Waals surface area contributed by atoms with E-state index in [9.17, 15) is 14.4 Å². The monoisotopic (exact) mass is 523 g/mol. The number of fused-ring (bicyclic) bond motifs is 1. The molecule has 0 saturated heterocycles. The van der Waals surface area contributed by atoms with E-state index in [2.05, 4.69) is 10.6 Å². The molecule has 1 aliphatic rings. The Morgan fingerprint density at radius 2 is 1.83 bits per heavy atom. The number of carbonyl (C=O) groups excluding carboxylic acids is 3. The Kier molecular flexibility index (Phi) is 7.93. The Morgan fingerprint density at radius 1 is 1.08 bits per heavy atom. The minimum Gasteiger partial charge on any atom is -0.494 e. The standard InChI is InChI=1S/C27H23Cl2N3O4/c1-2-36-20-12-10-19(11-13-20)30-25(33)16-24-27(35)31-22-5-3-4-6-23(22)32(24)26(34)14-8-17-7-9-18(28)15-21(17)29/h3-15,24H,2,16H2,1H3,(H,30,33)(H,31,35)/b14-8+. The summed E-state index contributed by atoms with van der Waals surface area (Å²) in [6, 6.07) is 17.7. The van der Waals surface area contributed by atoms with Crippen LogP contribution in [0.25, 0.3) is 6.08 Å². The van der Waals surface area contributed by atoms with Gasteiger partial charge in [0.25, 0.3) is 5.91 Å². The number of nitrogens with one attached hydrogen (secondary N) is 2. The molecule has 36 heavy (non-hydrogen) atoms. The van der Waals surface area contributed by atoms with Crippen LogP contribution in [-0.2, 0) is 14.4 Å². The van der Waals surface area contributed by atoms with Crippen molar-refractivity contribution in [2.45, 2.75) is 19.4 Å². The summed E-state index contributed by atoms with van der Waals surface area (Å²) in [6.07, 6.45) is 2.63. The second kappa shape index (κ2) is 11.3. The molecule has 1 atom stereocenters. The van der Waals surface area contributed by atoms with Gasteiger partial charge in [-0.1, -0.05) is 41.4 Å². The maximum absolute atomic E-state index is 13.4. The molecule has 2 N–H and O–H groups in total. The third kappa shape index (κ3) is 5.87. The lowest BCUT2D eigenvalue weighted by atomic mass is 10.0. The Balaban J connectivity index is 1.56. The van der Waals surface area contributed by atoms with Crippen LogP contribution >= 0.6 is 23.2 Å². The van der Waals surface area contributed by atoms with Crippen LogP contribution in [0.2, 0.25) is 10.0 Å². The summed E-state index contributed by atoms with van der Waals surface area (Å²) in [5.74, 6) is -0.659. The highest BCUT2D eigenvalue weighted by Crippen LogP contribution is 2.33. The average molecular weight is 524 g/mol. The highest BCUT2D eigenvalue weighted by molar-refractivity contribution is 6.35. The predicted molar refractivity (Wildman–Crippen MR) is 143 cm³/mol. The second-order valence-electron chi connectivity index (χ2n) is 7.94. The van der Waals surface area contributed by atoms with E-state index in [0.717, 1.165) is 0 Å². The van der Waals surface area contributed by atoms with Gasteiger partial charge in [-0.2, -0.15) is 0 Å². The zero-order valence-electron chi connectivity index (χ0n) is 19.3. The number of benzene rings is 3. The van der Waals surface area contributed by atoms with Gasteiger partial charge in [0.2, 0.25) is 11.8 Å². The minimum atomic E-state index is -1.06. The van der Waals surface area contributed by atoms with Crippen LogP contribution in [0.1, 0.15) is 18.9 Å². The van der Waals surface area contributed by atoms with Crippen molar-refractivity contribution in [3.63, 3.8) is 0 Å². The van der Waals surface area contributed by atoms with Crippen LogP contribution in [0.4, 0.5) is 17.1 Å². The fourth-order valence-corrected chi connectivity index (χ4v) is 4.29. The van der Waals surface area contributed by atoms with Crippen molar-refractivity contribution >= 4 is 64.1 Å². The number of nitrogens with zero attached hydrogens (tertiary/aromatic N) is 1. The second-order valence-corrected chi connectivity index (χ2v) is 8.78. The van der Waals surface area contributed by atoms with Gasteiger partial charge in [-0.25, -0.2) is 0 Å². The van der Waals surface area contributed by atoms with E-state index < -0.39 is 23.8 Å². The zero-order chi connectivity index (χ0) is 25.7. The molecule has 1 unspecified atom stereocenters. The van der Waals surface area contributed by atoms with Gasteiger partial charge >= 0.3 is 0 Å². The molecule has 3 aromatic rings. The summed E-state index contributed by atoms with van der Waals surface area (Å²) in [5.41, 5.74) is 2.12. The third-order valence-electron chi connectivity index (χ3n) is 5.47. The van der Waals surface area contributed by atoms with Gasteiger partial charge in [-0.15, -0.1) is 0 Å². The van der Waals surface area contributed by atoms with Crippen molar-refractivity contribution in [1.29, 1.82) is 0 Å². The van der Waals surface area contributed by atoms with E-state index in [1.165, 1.54) is 11.0 Å². The Bertz CT molecular complexity index is 1320. The van der Waals surface area contributed by atoms with E-state index in [4.69, 9.17) is 27.9 Å². The first-order chi connectivity index (χ1) is 17.4. The Hall–Kier alpha value is -3.81. The van der Waals surface area contributed by atoms with Crippen molar-refractivity contribution in [2.24, 2.45) is 0 Å². The molecular weight excluding hydrogens is 501 g/mol. The number of halogens is 2. The number of amides is 3. The number of rotatable bonds is 7. The van der Waals surface area contributed by atoms with Gasteiger partial charge in [-0.3, -0.25) is 19.3 Å². The molecule has 1 aliphatic heterocycles. The molecule has 184 valence electrons. The number of para-hydroxylation sites is 2. The predicted octanol–water partition coefficient (Wildman–Crippen LogP) is 5.79. The molecule has 3 aromatic carbocycles. The van der Waals surface area contributed by atoms with Gasteiger partial charge in [0.1, 0.15) is 11.8 Å². The number of ether oxygens (including phenoxy) is 1. The largest absolute Gasteiger partial charge is 0.494 e. The fourth-order valence-electron chi connectivity index (χ4n) is 3.81. The Labute approximate surface area is 218 Å². The van der Waals surface area contributed by atoms with Crippen molar-refractivity contribution in [3.8, 4) is 5.75 Å². The maximum atomic E-state index is 13.4. The van der Waals surface area contributed by atoms with Crippen LogP contribution in [-0.4, -0.2) is 30.4 Å². The fraction of sp³-hybridized carbons (Fsp3) is 0.148. The molecule has 0 aromatic heterocycles. The molecule has 0 radical (unpaired) electrons. The first-order valence-corrected chi connectivity index (χ1v) is 12.0. The first kappa shape index (κ1) is 25.3. The lowest BCUT2D eigenvalue weighted by Gasteiger charge is -2.35. The molecule has 0 fully saturated rings. The first-order valence-electron chi connectivity index (χ1n) is 11.2. The van der Waals surface area contributed by atoms with Crippen molar-refractivity contribution in [2.75, 3.05) is 22.1 Å². The molecule has 7 nitrogen and oxygen atoms in total. The van der Waals surface area contributed by atoms with E-state index in [0.29, 0.717) is 45.0 Å². The lowest BCUT2D eigenvalue weighted by Crippen LogP contribution is -2.52. The van der Waals surface area contributed by atoms with Crippen LogP contribution in [0.3, 0.4) is 0 Å². The SMILES string of the molecule is CCOc1ccc(NC(=O)CC2C(=O)Nc3ccccc3N2C(=O)/C=C/c2ccc(Cl)cc2Cl)cc1. The molecule has 3 amide bonds. The lowest BCUT2D eigenvalue weighted by molar-refractivity contribution is -0.124. The molecule has 4 rings (SSSR count). The van der Waals surface area contributed by atoms with Gasteiger partial charge in [0.05, 0.1) is 24.4 Å². The van der Waals surface area contributed by atoms with Crippen LogP contribution in [0.15, 0.2) is 72.8 Å². The molecular formula is C27H23Cl2N3O4. The summed E-state index contributed by atoms with van der Waals surface area (Å²) in [4.78, 5) is 40.5. The Morgan fingerprint density at radius 3 is 2.56 bits per heavy atom. The van der Waals surface area contributed by atoms with Crippen molar-refractivity contribution in [3.05, 3.63) is 88.4 Å². The minimum absolute atomic E-state index is 0.241. The number of carbonyl (C=O) groups is 3. The van der Waals surface area contributed by atoms with Crippen LogP contribution in [0, 0.1) is 0 Å². The quantitative estimate of drug-likeness (QED) is 0.383. The molecule has 9 heteroatoms. The third-order valence-corrected chi connectivity index (χ3v) is 6.03. The summed E-state index contributed by atoms with van der Waals surface area (Å²) >= 11 is 12.2. The smallest absolute Gasteiger partial charge is 0.251 e. The molecule has 0 aliphatic carbocycles. The normalized spacial score (nSPS) is 14.8. The average Bonchev–Trinajstić information content (AvgIpc) is 2.85. The zero-order valence-corrected chi connectivity index (χ0v) is 20.8. The highest BCUT2D eigenvalue weighted by atomic mass is 35.5. The topological polar surface area (TPSA) is 87.7 Å². The van der Waals surface area contributed by atoms with Crippen LogP contribution < -0.4 is 20.3 Å². The molecule has 0 spiro atoms. The summed E-state index contributed by atoms with van der Waals surface area (Å²) < 4.78 is 5.41. The van der Waals surface area contributed by atoms with Gasteiger partial charge in [0, 0.05) is 21.8 Å². The summed E-state index contributed by atoms with van der Waals surface area (Å²) in [7, 11) is 0. The van der Waals surface area contributed by atoms with Crippen molar-refractivity contribution in [1.82, 2.24) is 0 Å². The van der Waals surface area contributed by atoms with E-state index in [1.807, 2.05) is 6.92 Å².